The second-order valence-electron chi connectivity index (χ2n) is 8.13. The number of nitrogens with zero attached hydrogens (tertiary/aromatic N) is 4. The third kappa shape index (κ3) is 5.08. The number of aromatic nitrogens is 2. The topological polar surface area (TPSA) is 74.5 Å². The minimum Gasteiger partial charge on any atom is -0.465 e. The molecule has 2 fully saturated rings. The Kier molecular flexibility index (Phi) is 6.32. The van der Waals surface area contributed by atoms with Crippen molar-refractivity contribution in [2.24, 2.45) is 5.92 Å². The van der Waals surface area contributed by atoms with Crippen molar-refractivity contribution >= 4 is 17.5 Å². The molecule has 0 radical (unpaired) electrons. The van der Waals surface area contributed by atoms with E-state index in [4.69, 9.17) is 4.42 Å². The minimum absolute atomic E-state index is 0.0552. The smallest absolute Gasteiger partial charge is 0.225 e. The molecule has 0 unspecified atom stereocenters. The molecular formula is C22H31N5O2. The predicted molar refractivity (Wildman–Crippen MR) is 113 cm³/mol. The van der Waals surface area contributed by atoms with E-state index in [2.05, 4.69) is 25.1 Å². The van der Waals surface area contributed by atoms with Gasteiger partial charge in [-0.1, -0.05) is 12.8 Å². The number of hydrogen-bond acceptors (Lipinski definition) is 6. The van der Waals surface area contributed by atoms with Crippen LogP contribution < -0.4 is 15.1 Å². The van der Waals surface area contributed by atoms with E-state index in [9.17, 15) is 4.79 Å². The molecule has 2 aromatic rings. The highest BCUT2D eigenvalue weighted by Crippen LogP contribution is 2.24. The molecule has 156 valence electrons. The van der Waals surface area contributed by atoms with Crippen molar-refractivity contribution in [3.63, 3.8) is 0 Å². The first-order valence-corrected chi connectivity index (χ1v) is 10.8. The Hall–Kier alpha value is -2.57. The molecule has 7 heteroatoms. The standard InChI is InChI=1S/C22H31N5O2/c1-17-6-7-20(29-17)16-23-21(28)18-8-12-26(13-9-18)19-14-24-22(25-15-19)27-10-4-2-3-5-11-27/h6-7,14-15,18H,2-5,8-13,16H2,1H3,(H,23,28). The van der Waals surface area contributed by atoms with Gasteiger partial charge < -0.3 is 19.5 Å². The summed E-state index contributed by atoms with van der Waals surface area (Å²) in [6, 6.07) is 3.83. The number of rotatable bonds is 5. The highest BCUT2D eigenvalue weighted by Gasteiger charge is 2.25. The lowest BCUT2D eigenvalue weighted by atomic mass is 9.95. The van der Waals surface area contributed by atoms with Crippen molar-refractivity contribution in [2.45, 2.75) is 52.0 Å². The largest absolute Gasteiger partial charge is 0.465 e. The van der Waals surface area contributed by atoms with E-state index < -0.39 is 0 Å². The fraction of sp³-hybridized carbons (Fsp3) is 0.591. The van der Waals surface area contributed by atoms with Crippen LogP contribution in [0.1, 0.15) is 50.0 Å². The lowest BCUT2D eigenvalue weighted by Gasteiger charge is -2.32. The fourth-order valence-corrected chi connectivity index (χ4v) is 4.21. The maximum atomic E-state index is 12.5. The van der Waals surface area contributed by atoms with Gasteiger partial charge in [0.15, 0.2) is 0 Å². The van der Waals surface area contributed by atoms with E-state index in [1.165, 1.54) is 25.7 Å². The predicted octanol–water partition coefficient (Wildman–Crippen LogP) is 3.29. The average Bonchev–Trinajstić information content (AvgIpc) is 3.00. The van der Waals surface area contributed by atoms with Crippen molar-refractivity contribution in [3.8, 4) is 0 Å². The zero-order chi connectivity index (χ0) is 20.1. The van der Waals surface area contributed by atoms with Crippen molar-refractivity contribution in [1.82, 2.24) is 15.3 Å². The molecule has 0 aromatic carbocycles. The van der Waals surface area contributed by atoms with E-state index in [-0.39, 0.29) is 11.8 Å². The van der Waals surface area contributed by atoms with E-state index in [0.29, 0.717) is 6.54 Å². The van der Waals surface area contributed by atoms with Crippen LogP contribution >= 0.6 is 0 Å². The van der Waals surface area contributed by atoms with Gasteiger partial charge in [-0.05, 0) is 44.7 Å². The highest BCUT2D eigenvalue weighted by molar-refractivity contribution is 5.78. The van der Waals surface area contributed by atoms with E-state index >= 15 is 0 Å². The Morgan fingerprint density at radius 1 is 1.03 bits per heavy atom. The Morgan fingerprint density at radius 3 is 2.34 bits per heavy atom. The lowest BCUT2D eigenvalue weighted by molar-refractivity contribution is -0.125. The van der Waals surface area contributed by atoms with Crippen LogP contribution in [0.4, 0.5) is 11.6 Å². The molecule has 29 heavy (non-hydrogen) atoms. The molecule has 0 spiro atoms. The van der Waals surface area contributed by atoms with Crippen molar-refractivity contribution < 1.29 is 9.21 Å². The van der Waals surface area contributed by atoms with Gasteiger partial charge in [0, 0.05) is 32.1 Å². The quantitative estimate of drug-likeness (QED) is 0.834. The molecule has 0 aliphatic carbocycles. The number of aryl methyl sites for hydroxylation is 1. The monoisotopic (exact) mass is 397 g/mol. The SMILES string of the molecule is Cc1ccc(CNC(=O)C2CCN(c3cnc(N4CCCCCC4)nc3)CC2)o1. The van der Waals surface area contributed by atoms with Gasteiger partial charge in [0.2, 0.25) is 11.9 Å². The summed E-state index contributed by atoms with van der Waals surface area (Å²) in [6.45, 7) is 6.17. The molecule has 7 nitrogen and oxygen atoms in total. The summed E-state index contributed by atoms with van der Waals surface area (Å²) in [5.74, 6) is 2.69. The molecule has 2 saturated heterocycles. The summed E-state index contributed by atoms with van der Waals surface area (Å²) in [7, 11) is 0. The molecule has 4 heterocycles. The van der Waals surface area contributed by atoms with Crippen molar-refractivity contribution in [2.75, 3.05) is 36.0 Å². The first-order valence-electron chi connectivity index (χ1n) is 10.8. The van der Waals surface area contributed by atoms with E-state index in [0.717, 1.165) is 62.2 Å². The van der Waals surface area contributed by atoms with E-state index in [1.54, 1.807) is 0 Å². The van der Waals surface area contributed by atoms with Crippen LogP contribution in [0.15, 0.2) is 28.9 Å². The molecule has 1 N–H and O–H groups in total. The second-order valence-corrected chi connectivity index (χ2v) is 8.13. The summed E-state index contributed by atoms with van der Waals surface area (Å²) in [5, 5.41) is 3.00. The van der Waals surface area contributed by atoms with Crippen LogP contribution in [0.25, 0.3) is 0 Å². The zero-order valence-electron chi connectivity index (χ0n) is 17.3. The van der Waals surface area contributed by atoms with Gasteiger partial charge in [-0.25, -0.2) is 9.97 Å². The molecule has 4 rings (SSSR count). The molecular weight excluding hydrogens is 366 g/mol. The van der Waals surface area contributed by atoms with Crippen LogP contribution in [0.5, 0.6) is 0 Å². The summed E-state index contributed by atoms with van der Waals surface area (Å²) in [4.78, 5) is 26.3. The second kappa shape index (κ2) is 9.29. The summed E-state index contributed by atoms with van der Waals surface area (Å²) in [6.07, 6.45) is 10.6. The van der Waals surface area contributed by atoms with Gasteiger partial charge in [-0.2, -0.15) is 0 Å². The lowest BCUT2D eigenvalue weighted by Crippen LogP contribution is -2.40. The average molecular weight is 398 g/mol. The number of nitrogens with one attached hydrogen (secondary N) is 1. The number of amides is 1. The zero-order valence-corrected chi connectivity index (χ0v) is 17.3. The van der Waals surface area contributed by atoms with Crippen molar-refractivity contribution in [1.29, 1.82) is 0 Å². The molecule has 0 saturated carbocycles. The van der Waals surface area contributed by atoms with Gasteiger partial charge in [0.25, 0.3) is 0 Å². The van der Waals surface area contributed by atoms with Gasteiger partial charge >= 0.3 is 0 Å². The minimum atomic E-state index is 0.0552. The normalized spacial score (nSPS) is 18.5. The first kappa shape index (κ1) is 19.7. The number of carbonyl (C=O) groups excluding carboxylic acids is 1. The Bertz CT molecular complexity index is 788. The molecule has 2 aromatic heterocycles. The van der Waals surface area contributed by atoms with Crippen LogP contribution in [-0.2, 0) is 11.3 Å². The number of hydrogen-bond donors (Lipinski definition) is 1. The van der Waals surface area contributed by atoms with Crippen molar-refractivity contribution in [3.05, 3.63) is 36.0 Å². The number of anilines is 2. The molecule has 0 atom stereocenters. The fourth-order valence-electron chi connectivity index (χ4n) is 4.21. The van der Waals surface area contributed by atoms with Gasteiger partial charge in [-0.15, -0.1) is 0 Å². The van der Waals surface area contributed by atoms with Gasteiger partial charge in [-0.3, -0.25) is 4.79 Å². The van der Waals surface area contributed by atoms with Crippen LogP contribution in [0.2, 0.25) is 0 Å². The van der Waals surface area contributed by atoms with E-state index in [1.807, 2.05) is 31.5 Å². The Balaban J connectivity index is 1.26. The third-order valence-electron chi connectivity index (χ3n) is 5.98. The van der Waals surface area contributed by atoms with Gasteiger partial charge in [0.1, 0.15) is 11.5 Å². The molecule has 2 aliphatic heterocycles. The number of piperidine rings is 1. The molecule has 0 bridgehead atoms. The van der Waals surface area contributed by atoms with Crippen LogP contribution in [0, 0.1) is 12.8 Å². The van der Waals surface area contributed by atoms with Crippen LogP contribution in [-0.4, -0.2) is 42.1 Å². The molecule has 1 amide bonds. The Labute approximate surface area is 172 Å². The summed E-state index contributed by atoms with van der Waals surface area (Å²) < 4.78 is 5.52. The Morgan fingerprint density at radius 2 is 1.72 bits per heavy atom. The number of carbonyl (C=O) groups is 1. The summed E-state index contributed by atoms with van der Waals surface area (Å²) >= 11 is 0. The molecule has 2 aliphatic rings. The summed E-state index contributed by atoms with van der Waals surface area (Å²) in [5.41, 5.74) is 1.05. The highest BCUT2D eigenvalue weighted by atomic mass is 16.3. The number of furan rings is 1. The maximum Gasteiger partial charge on any atom is 0.225 e. The first-order chi connectivity index (χ1) is 14.2. The third-order valence-corrected chi connectivity index (χ3v) is 5.98. The van der Waals surface area contributed by atoms with Gasteiger partial charge in [0.05, 0.1) is 24.6 Å². The van der Waals surface area contributed by atoms with Crippen LogP contribution in [0.3, 0.4) is 0 Å². The maximum absolute atomic E-state index is 12.5.